The zero-order chi connectivity index (χ0) is 22.2. The number of hydrogen-bond acceptors (Lipinski definition) is 4. The van der Waals surface area contributed by atoms with E-state index in [9.17, 15) is 13.2 Å². The second-order valence-electron chi connectivity index (χ2n) is 8.24. The average Bonchev–Trinajstić information content (AvgIpc) is 3.21. The second-order valence-corrected chi connectivity index (χ2v) is 9.55. The molecule has 162 valence electrons. The van der Waals surface area contributed by atoms with Gasteiger partial charge in [0.2, 0.25) is 0 Å². The zero-order valence-electron chi connectivity index (χ0n) is 17.4. The molecule has 2 amide bonds. The van der Waals surface area contributed by atoms with Gasteiger partial charge in [0.15, 0.2) is 0 Å². The van der Waals surface area contributed by atoms with Crippen molar-refractivity contribution in [2.45, 2.75) is 32.3 Å². The van der Waals surface area contributed by atoms with E-state index in [4.69, 9.17) is 9.92 Å². The number of fused-ring (bicyclic) bond motifs is 1. The van der Waals surface area contributed by atoms with Crippen molar-refractivity contribution in [2.75, 3.05) is 0 Å². The highest BCUT2D eigenvalue weighted by Gasteiger charge is 2.57. The van der Waals surface area contributed by atoms with Crippen molar-refractivity contribution in [3.63, 3.8) is 0 Å². The second kappa shape index (κ2) is 7.98. The number of nitrogens with one attached hydrogen (secondary N) is 1. The van der Waals surface area contributed by atoms with Crippen LogP contribution in [0.25, 0.3) is 11.1 Å². The maximum absolute atomic E-state index is 12.3. The van der Waals surface area contributed by atoms with E-state index in [1.807, 2.05) is 48.5 Å². The molecule has 4 rings (SSSR count). The molecule has 0 bridgehead atoms. The van der Waals surface area contributed by atoms with Gasteiger partial charge in [0.05, 0.1) is 6.10 Å². The summed E-state index contributed by atoms with van der Waals surface area (Å²) in [6.07, 6.45) is 1.32. The molecule has 0 radical (unpaired) electrons. The van der Waals surface area contributed by atoms with Crippen molar-refractivity contribution in [2.24, 2.45) is 17.1 Å². The van der Waals surface area contributed by atoms with E-state index in [1.54, 1.807) is 4.72 Å². The third-order valence-corrected chi connectivity index (χ3v) is 7.45. The Bertz CT molecular complexity index is 1140. The summed E-state index contributed by atoms with van der Waals surface area (Å²) in [5, 5.41) is 0. The summed E-state index contributed by atoms with van der Waals surface area (Å²) in [7, 11) is -4.29. The third kappa shape index (κ3) is 3.79. The number of amides is 2. The highest BCUT2D eigenvalue weighted by Crippen LogP contribution is 2.66. The van der Waals surface area contributed by atoms with Gasteiger partial charge in [-0.1, -0.05) is 72.8 Å². The van der Waals surface area contributed by atoms with Crippen LogP contribution in [0.15, 0.2) is 72.8 Å². The maximum Gasteiger partial charge on any atom is 0.363 e. The van der Waals surface area contributed by atoms with Crippen LogP contribution in [0.2, 0.25) is 0 Å². The lowest BCUT2D eigenvalue weighted by Gasteiger charge is -2.37. The lowest BCUT2D eigenvalue weighted by atomic mass is 9.66. The Morgan fingerprint density at radius 3 is 2.35 bits per heavy atom. The summed E-state index contributed by atoms with van der Waals surface area (Å²) in [6, 6.07) is 19.0. The van der Waals surface area contributed by atoms with Gasteiger partial charge in [-0.3, -0.25) is 0 Å². The first kappa shape index (κ1) is 21.3. The van der Waals surface area contributed by atoms with E-state index < -0.39 is 27.9 Å². The highest BCUT2D eigenvalue weighted by atomic mass is 32.2. The molecule has 0 aromatic heterocycles. The van der Waals surface area contributed by atoms with Crippen LogP contribution in [-0.2, 0) is 14.5 Å². The molecule has 1 saturated carbocycles. The Balaban J connectivity index is 1.79. The summed E-state index contributed by atoms with van der Waals surface area (Å²) in [4.78, 5) is 11.1. The van der Waals surface area contributed by atoms with Gasteiger partial charge in [-0.25, -0.2) is 13.7 Å². The molecular weight excluding hydrogens is 412 g/mol. The monoisotopic (exact) mass is 438 g/mol. The van der Waals surface area contributed by atoms with E-state index in [1.165, 1.54) is 11.1 Å². The molecule has 2 aromatic carbocycles. The van der Waals surface area contributed by atoms with Crippen molar-refractivity contribution in [1.82, 2.24) is 4.72 Å². The van der Waals surface area contributed by atoms with Crippen LogP contribution in [0.1, 0.15) is 37.3 Å². The molecule has 0 heterocycles. The van der Waals surface area contributed by atoms with E-state index in [0.29, 0.717) is 19.3 Å². The molecule has 1 fully saturated rings. The minimum atomic E-state index is -4.29. The fourth-order valence-electron chi connectivity index (χ4n) is 5.46. The van der Waals surface area contributed by atoms with E-state index in [-0.39, 0.29) is 5.92 Å². The number of carbonyl (C=O) groups is 1. The maximum atomic E-state index is 12.3. The van der Waals surface area contributed by atoms with Crippen molar-refractivity contribution in [1.29, 1.82) is 0 Å². The zero-order valence-corrected chi connectivity index (χ0v) is 18.2. The summed E-state index contributed by atoms with van der Waals surface area (Å²) in [5.74, 6) is -0.125. The van der Waals surface area contributed by atoms with Crippen LogP contribution in [0, 0.1) is 11.3 Å². The van der Waals surface area contributed by atoms with Crippen LogP contribution >= 0.6 is 0 Å². The smallest absolute Gasteiger partial charge is 0.351 e. The molecule has 1 unspecified atom stereocenters. The van der Waals surface area contributed by atoms with Gasteiger partial charge >= 0.3 is 16.3 Å². The molecule has 2 aliphatic rings. The molecule has 0 spiro atoms. The predicted molar refractivity (Wildman–Crippen MR) is 121 cm³/mol. The van der Waals surface area contributed by atoms with Crippen molar-refractivity contribution < 1.29 is 17.4 Å². The van der Waals surface area contributed by atoms with E-state index in [0.717, 1.165) is 16.7 Å². The molecular formula is C24H26N2O4S. The van der Waals surface area contributed by atoms with Gasteiger partial charge < -0.3 is 5.73 Å². The standard InChI is InChI=1S/C24H26N2O4S/c1-16-15-20-21(30-31(28,29)26-23(25)27)13-14-24(20,17(2)18-9-5-3-6-10-18)22(16)19-11-7-4-8-12-19/h3-12,20-21H,2,13-15H2,1H3,(H3,25,26,27)/t20?,21-,24+/m1/s1. The third-order valence-electron chi connectivity index (χ3n) is 6.50. The predicted octanol–water partition coefficient (Wildman–Crippen LogP) is 4.27. The Labute approximate surface area is 183 Å². The normalized spacial score (nSPS) is 25.3. The largest absolute Gasteiger partial charge is 0.363 e. The lowest BCUT2D eigenvalue weighted by molar-refractivity contribution is 0.149. The summed E-state index contributed by atoms with van der Waals surface area (Å²) in [5.41, 5.74) is 10.0. The number of nitrogens with two attached hydrogens (primary N) is 1. The first-order valence-corrected chi connectivity index (χ1v) is 11.7. The fourth-order valence-corrected chi connectivity index (χ4v) is 6.31. The molecule has 31 heavy (non-hydrogen) atoms. The molecule has 2 aliphatic carbocycles. The average molecular weight is 439 g/mol. The summed E-state index contributed by atoms with van der Waals surface area (Å²) < 4.78 is 31.8. The van der Waals surface area contributed by atoms with Gasteiger partial charge in [0.1, 0.15) is 0 Å². The number of hydrogen-bond donors (Lipinski definition) is 2. The minimum Gasteiger partial charge on any atom is -0.351 e. The number of carbonyl (C=O) groups excluding carboxylic acids is 1. The molecule has 6 nitrogen and oxygen atoms in total. The topological polar surface area (TPSA) is 98.5 Å². The highest BCUT2D eigenvalue weighted by molar-refractivity contribution is 7.85. The van der Waals surface area contributed by atoms with Crippen molar-refractivity contribution >= 4 is 27.5 Å². The number of rotatable bonds is 6. The molecule has 7 heteroatoms. The Kier molecular flexibility index (Phi) is 5.49. The molecule has 3 N–H and O–H groups in total. The van der Waals surface area contributed by atoms with Gasteiger partial charge in [-0.05, 0) is 48.5 Å². The minimum absolute atomic E-state index is 0.125. The molecule has 2 aromatic rings. The fraction of sp³-hybridized carbons (Fsp3) is 0.292. The number of allylic oxidation sites excluding steroid dienone is 3. The van der Waals surface area contributed by atoms with Crippen LogP contribution in [0.4, 0.5) is 4.79 Å². The molecule has 3 atom stereocenters. The number of benzene rings is 2. The van der Waals surface area contributed by atoms with E-state index >= 15 is 0 Å². The number of urea groups is 1. The summed E-state index contributed by atoms with van der Waals surface area (Å²) >= 11 is 0. The Morgan fingerprint density at radius 1 is 1.13 bits per heavy atom. The molecule has 0 aliphatic heterocycles. The quantitative estimate of drug-likeness (QED) is 0.703. The SMILES string of the molecule is C=C(c1ccccc1)[C@@]12CC[C@@H](OS(=O)(=O)NC(N)=O)C1CC(C)=C2c1ccccc1. The Hall–Kier alpha value is -2.90. The van der Waals surface area contributed by atoms with Crippen LogP contribution in [0.5, 0.6) is 0 Å². The van der Waals surface area contributed by atoms with Crippen LogP contribution < -0.4 is 10.5 Å². The van der Waals surface area contributed by atoms with Gasteiger partial charge in [0.25, 0.3) is 0 Å². The van der Waals surface area contributed by atoms with Gasteiger partial charge in [-0.15, -0.1) is 0 Å². The Morgan fingerprint density at radius 2 is 1.74 bits per heavy atom. The van der Waals surface area contributed by atoms with Crippen LogP contribution in [0.3, 0.4) is 0 Å². The van der Waals surface area contributed by atoms with Crippen molar-refractivity contribution in [3.05, 3.63) is 83.9 Å². The van der Waals surface area contributed by atoms with E-state index in [2.05, 4.69) is 25.6 Å². The van der Waals surface area contributed by atoms with Crippen molar-refractivity contribution in [3.8, 4) is 0 Å². The van der Waals surface area contributed by atoms with Gasteiger partial charge in [-0.2, -0.15) is 8.42 Å². The first-order valence-electron chi connectivity index (χ1n) is 10.3. The van der Waals surface area contributed by atoms with Gasteiger partial charge in [0, 0.05) is 11.3 Å². The number of primary amides is 1. The first-order chi connectivity index (χ1) is 14.7. The lowest BCUT2D eigenvalue weighted by Crippen LogP contribution is -2.39. The molecule has 0 saturated heterocycles. The van der Waals surface area contributed by atoms with Crippen LogP contribution in [-0.4, -0.2) is 20.6 Å². The summed E-state index contributed by atoms with van der Waals surface area (Å²) in [6.45, 7) is 6.59.